The van der Waals surface area contributed by atoms with Crippen molar-refractivity contribution in [3.63, 3.8) is 0 Å². The summed E-state index contributed by atoms with van der Waals surface area (Å²) in [4.78, 5) is 55.0. The van der Waals surface area contributed by atoms with Gasteiger partial charge in [-0.15, -0.1) is 11.3 Å². The van der Waals surface area contributed by atoms with Gasteiger partial charge in [-0.05, 0) is 49.6 Å². The second-order valence-corrected chi connectivity index (χ2v) is 12.4. The zero-order valence-corrected chi connectivity index (χ0v) is 26.2. The highest BCUT2D eigenvalue weighted by molar-refractivity contribution is 7.11. The van der Waals surface area contributed by atoms with Crippen LogP contribution in [0.3, 0.4) is 0 Å². The molecule has 2 aromatic heterocycles. The van der Waals surface area contributed by atoms with E-state index >= 15 is 4.39 Å². The number of aryl methyl sites for hydroxylation is 1. The van der Waals surface area contributed by atoms with Crippen LogP contribution in [0.15, 0.2) is 58.3 Å². The number of thiazole rings is 1. The SMILES string of the molecule is CCOC(=O)C1=C(CN2CC[C@]3(F)C(=O)N(c4ncc(C(=O)O)cc4C)C[C@@H]3C2)NC(c2nccs2)=N[C@H]1c1cccc(F)c1C. The number of rotatable bonds is 8. The summed E-state index contributed by atoms with van der Waals surface area (Å²) >= 11 is 1.35. The van der Waals surface area contributed by atoms with Crippen LogP contribution in [0, 0.1) is 25.6 Å². The summed E-state index contributed by atoms with van der Waals surface area (Å²) < 4.78 is 36.6. The van der Waals surface area contributed by atoms with Crippen LogP contribution in [0.5, 0.6) is 0 Å². The van der Waals surface area contributed by atoms with E-state index in [1.54, 1.807) is 44.5 Å². The topological polar surface area (TPSA) is 137 Å². The van der Waals surface area contributed by atoms with Crippen LogP contribution in [0.25, 0.3) is 0 Å². The molecule has 46 heavy (non-hydrogen) atoms. The van der Waals surface area contributed by atoms with Crippen LogP contribution < -0.4 is 10.2 Å². The number of benzene rings is 1. The number of esters is 1. The quantitative estimate of drug-likeness (QED) is 0.347. The van der Waals surface area contributed by atoms with E-state index in [0.29, 0.717) is 33.2 Å². The number of likely N-dealkylation sites (tertiary alicyclic amines) is 1. The van der Waals surface area contributed by atoms with Gasteiger partial charge in [0.1, 0.15) is 17.7 Å². The standard InChI is InChI=1S/C32H32F2N6O5S/c1-4-45-30(43)24-23(37-26(28-35-9-11-46-28)38-25(24)21-6-5-7-22(33)18(21)3)16-39-10-8-32(34)20(14-39)15-40(31(32)44)27-17(2)12-19(13-36-27)29(41)42/h5-7,9,11-13,20,25H,4,8,10,14-16H2,1-3H3,(H,37,38)(H,41,42)/t20-,25-,32+/m0/s1. The molecule has 3 aliphatic heterocycles. The largest absolute Gasteiger partial charge is 0.478 e. The molecule has 0 spiro atoms. The molecule has 2 N–H and O–H groups in total. The molecular weight excluding hydrogens is 618 g/mol. The van der Waals surface area contributed by atoms with Crippen LogP contribution in [-0.2, 0) is 14.3 Å². The number of nitrogens with one attached hydrogen (secondary N) is 1. The minimum absolute atomic E-state index is 0.0236. The Morgan fingerprint density at radius 3 is 2.74 bits per heavy atom. The minimum atomic E-state index is -2.12. The van der Waals surface area contributed by atoms with Crippen molar-refractivity contribution in [1.82, 2.24) is 20.2 Å². The number of hydrogen-bond acceptors (Lipinski definition) is 10. The monoisotopic (exact) mass is 650 g/mol. The van der Waals surface area contributed by atoms with Crippen LogP contribution >= 0.6 is 11.3 Å². The molecule has 2 saturated heterocycles. The maximum absolute atomic E-state index is 16.4. The van der Waals surface area contributed by atoms with Crippen LogP contribution in [0.1, 0.15) is 51.4 Å². The Bertz CT molecular complexity index is 1780. The van der Waals surface area contributed by atoms with E-state index < -0.39 is 41.3 Å². The molecular formula is C32H32F2N6O5S. The molecule has 5 heterocycles. The van der Waals surface area contributed by atoms with Gasteiger partial charge in [0.15, 0.2) is 16.5 Å². The van der Waals surface area contributed by atoms with Gasteiger partial charge in [0, 0.05) is 62.0 Å². The first-order valence-electron chi connectivity index (χ1n) is 14.8. The third-order valence-corrected chi connectivity index (χ3v) is 9.50. The lowest BCUT2D eigenvalue weighted by Gasteiger charge is -2.38. The van der Waals surface area contributed by atoms with Gasteiger partial charge in [0.05, 0.1) is 17.7 Å². The maximum atomic E-state index is 16.4. The number of nitrogens with zero attached hydrogens (tertiary/aromatic N) is 5. The molecule has 0 bridgehead atoms. The first kappa shape index (κ1) is 31.4. The van der Waals surface area contributed by atoms with E-state index in [1.807, 2.05) is 4.90 Å². The van der Waals surface area contributed by atoms with Crippen molar-refractivity contribution in [3.8, 4) is 0 Å². The highest BCUT2D eigenvalue weighted by atomic mass is 32.1. The third-order valence-electron chi connectivity index (χ3n) is 8.72. The average Bonchev–Trinajstić information content (AvgIpc) is 3.65. The van der Waals surface area contributed by atoms with E-state index in [-0.39, 0.29) is 56.2 Å². The van der Waals surface area contributed by atoms with E-state index in [0.717, 1.165) is 6.20 Å². The van der Waals surface area contributed by atoms with E-state index in [2.05, 4.69) is 15.3 Å². The second kappa shape index (κ2) is 12.3. The van der Waals surface area contributed by atoms with Gasteiger partial charge in [0.25, 0.3) is 5.91 Å². The number of aromatic carboxylic acids is 1. The van der Waals surface area contributed by atoms with Gasteiger partial charge in [-0.1, -0.05) is 12.1 Å². The van der Waals surface area contributed by atoms with Gasteiger partial charge in [-0.2, -0.15) is 0 Å². The normalized spacial score (nSPS) is 23.2. The number of carboxylic acid groups (broad SMARTS) is 1. The number of carbonyl (C=O) groups is 3. The first-order chi connectivity index (χ1) is 22.0. The number of hydrogen-bond donors (Lipinski definition) is 2. The van der Waals surface area contributed by atoms with Gasteiger partial charge in [-0.3, -0.25) is 19.6 Å². The second-order valence-electron chi connectivity index (χ2n) is 11.5. The molecule has 0 radical (unpaired) electrons. The molecule has 1 aromatic carbocycles. The highest BCUT2D eigenvalue weighted by Gasteiger charge is 2.58. The predicted molar refractivity (Wildman–Crippen MR) is 166 cm³/mol. The molecule has 2 fully saturated rings. The maximum Gasteiger partial charge on any atom is 0.338 e. The molecule has 0 aliphatic carbocycles. The number of amides is 1. The number of amidine groups is 1. The number of halogens is 2. The smallest absolute Gasteiger partial charge is 0.338 e. The molecule has 240 valence electrons. The van der Waals surface area contributed by atoms with Crippen LogP contribution in [0.2, 0.25) is 0 Å². The van der Waals surface area contributed by atoms with Crippen molar-refractivity contribution in [3.05, 3.63) is 86.4 Å². The van der Waals surface area contributed by atoms with Crippen LogP contribution in [-0.4, -0.2) is 82.1 Å². The summed E-state index contributed by atoms with van der Waals surface area (Å²) in [6.45, 7) is 5.72. The molecule has 3 aromatic rings. The van der Waals surface area contributed by atoms with Gasteiger partial charge >= 0.3 is 11.9 Å². The fourth-order valence-corrected chi connectivity index (χ4v) is 6.95. The Kier molecular flexibility index (Phi) is 8.42. The molecule has 11 nitrogen and oxygen atoms in total. The Hall–Kier alpha value is -4.56. The number of carboxylic acids is 1. The highest BCUT2D eigenvalue weighted by Crippen LogP contribution is 2.42. The average molecular weight is 651 g/mol. The summed E-state index contributed by atoms with van der Waals surface area (Å²) in [5, 5.41) is 14.9. The summed E-state index contributed by atoms with van der Waals surface area (Å²) in [5.74, 6) is -2.95. The number of aliphatic imine (C=N–C) groups is 1. The van der Waals surface area contributed by atoms with Gasteiger partial charge in [-0.25, -0.2) is 28.3 Å². The molecule has 14 heteroatoms. The Morgan fingerprint density at radius 2 is 2.04 bits per heavy atom. The van der Waals surface area contributed by atoms with Crippen molar-refractivity contribution in [1.29, 1.82) is 0 Å². The molecule has 3 atom stereocenters. The summed E-state index contributed by atoms with van der Waals surface area (Å²) in [6, 6.07) is 5.17. The number of fused-ring (bicyclic) bond motifs is 1. The lowest BCUT2D eigenvalue weighted by atomic mass is 9.84. The summed E-state index contributed by atoms with van der Waals surface area (Å²) in [6.07, 6.45) is 2.71. The van der Waals surface area contributed by atoms with Gasteiger partial charge < -0.3 is 15.2 Å². The first-order valence-corrected chi connectivity index (χ1v) is 15.7. The summed E-state index contributed by atoms with van der Waals surface area (Å²) in [7, 11) is 0. The van der Waals surface area contributed by atoms with E-state index in [4.69, 9.17) is 9.73 Å². The van der Waals surface area contributed by atoms with Crippen molar-refractivity contribution >= 4 is 40.8 Å². The Balaban J connectivity index is 1.33. The Labute approximate surface area is 267 Å². The molecule has 6 rings (SSSR count). The lowest BCUT2D eigenvalue weighted by molar-refractivity contribution is -0.139. The molecule has 0 saturated carbocycles. The van der Waals surface area contributed by atoms with Crippen molar-refractivity contribution in [2.24, 2.45) is 10.9 Å². The van der Waals surface area contributed by atoms with Crippen molar-refractivity contribution in [2.75, 3.05) is 37.7 Å². The van der Waals surface area contributed by atoms with Crippen molar-refractivity contribution in [2.45, 2.75) is 38.9 Å². The van der Waals surface area contributed by atoms with Crippen LogP contribution in [0.4, 0.5) is 14.6 Å². The zero-order chi connectivity index (χ0) is 32.7. The van der Waals surface area contributed by atoms with Gasteiger partial charge in [0.2, 0.25) is 0 Å². The van der Waals surface area contributed by atoms with E-state index in [9.17, 15) is 23.9 Å². The number of ether oxygens (including phenoxy) is 1. The predicted octanol–water partition coefficient (Wildman–Crippen LogP) is 3.98. The fraction of sp³-hybridized carbons (Fsp3) is 0.375. The minimum Gasteiger partial charge on any atom is -0.478 e. The lowest BCUT2D eigenvalue weighted by Crippen LogP contribution is -2.52. The Morgan fingerprint density at radius 1 is 1.24 bits per heavy atom. The number of aromatic nitrogens is 2. The fourth-order valence-electron chi connectivity index (χ4n) is 6.37. The molecule has 0 unspecified atom stereocenters. The summed E-state index contributed by atoms with van der Waals surface area (Å²) in [5.41, 5.74) is -0.144. The van der Waals surface area contributed by atoms with Crippen molar-refractivity contribution < 1.29 is 33.0 Å². The number of piperidine rings is 1. The number of pyridine rings is 1. The zero-order valence-electron chi connectivity index (χ0n) is 25.4. The molecule has 1 amide bonds. The van der Waals surface area contributed by atoms with E-state index in [1.165, 1.54) is 28.4 Å². The third kappa shape index (κ3) is 5.55. The number of alkyl halides is 1. The number of carbonyl (C=O) groups excluding carboxylic acids is 2. The number of anilines is 1. The molecule has 3 aliphatic rings.